The predicted molar refractivity (Wildman–Crippen MR) is 129 cm³/mol. The Morgan fingerprint density at radius 1 is 1.09 bits per heavy atom. The average Bonchev–Trinajstić information content (AvgIpc) is 3.26. The highest BCUT2D eigenvalue weighted by atomic mass is 32.2. The van der Waals surface area contributed by atoms with Crippen LogP contribution in [0.25, 0.3) is 0 Å². The number of hydrogen-bond donors (Lipinski definition) is 1. The molecule has 182 valence electrons. The molecule has 2 amide bonds. The summed E-state index contributed by atoms with van der Waals surface area (Å²) in [5, 5.41) is 2.92. The summed E-state index contributed by atoms with van der Waals surface area (Å²) in [6.45, 7) is 3.09. The smallest absolute Gasteiger partial charge is 0.243 e. The molecule has 1 atom stereocenters. The number of sulfonamides is 1. The highest BCUT2D eigenvalue weighted by molar-refractivity contribution is 7.89. The number of rotatable bonds is 7. The molecule has 2 aliphatic rings. The molecule has 1 fully saturated rings. The van der Waals surface area contributed by atoms with E-state index in [1.54, 1.807) is 32.2 Å². The SMILES string of the molecule is CCC(=O)N1c2ccc(S(=O)(=O)N3CCCCC3)cc2C[C@@H]1C(=O)NCc1cccc(OC)c1. The van der Waals surface area contributed by atoms with E-state index in [-0.39, 0.29) is 29.6 Å². The van der Waals surface area contributed by atoms with Gasteiger partial charge < -0.3 is 10.1 Å². The van der Waals surface area contributed by atoms with Gasteiger partial charge in [-0.15, -0.1) is 0 Å². The molecule has 4 rings (SSSR count). The minimum Gasteiger partial charge on any atom is -0.497 e. The first-order valence-electron chi connectivity index (χ1n) is 11.7. The maximum Gasteiger partial charge on any atom is 0.243 e. The van der Waals surface area contributed by atoms with Crippen LogP contribution < -0.4 is 15.0 Å². The third-order valence-electron chi connectivity index (χ3n) is 6.46. The summed E-state index contributed by atoms with van der Waals surface area (Å²) >= 11 is 0. The fraction of sp³-hybridized carbons (Fsp3) is 0.440. The highest BCUT2D eigenvalue weighted by Gasteiger charge is 2.38. The van der Waals surface area contributed by atoms with Gasteiger partial charge in [0.15, 0.2) is 0 Å². The maximum atomic E-state index is 13.1. The number of benzene rings is 2. The number of fused-ring (bicyclic) bond motifs is 1. The summed E-state index contributed by atoms with van der Waals surface area (Å²) in [6.07, 6.45) is 3.27. The summed E-state index contributed by atoms with van der Waals surface area (Å²) < 4.78 is 33.0. The molecule has 1 N–H and O–H groups in total. The Hall–Kier alpha value is -2.91. The lowest BCUT2D eigenvalue weighted by molar-refractivity contribution is -0.126. The second-order valence-electron chi connectivity index (χ2n) is 8.66. The van der Waals surface area contributed by atoms with Gasteiger partial charge in [0.05, 0.1) is 12.0 Å². The van der Waals surface area contributed by atoms with Crippen molar-refractivity contribution in [3.63, 3.8) is 0 Å². The molecule has 2 heterocycles. The van der Waals surface area contributed by atoms with E-state index in [9.17, 15) is 18.0 Å². The number of nitrogens with one attached hydrogen (secondary N) is 1. The number of nitrogens with zero attached hydrogens (tertiary/aromatic N) is 2. The van der Waals surface area contributed by atoms with Gasteiger partial charge in [0, 0.05) is 38.2 Å². The van der Waals surface area contributed by atoms with Crippen molar-refractivity contribution in [2.45, 2.75) is 56.5 Å². The average molecular weight is 486 g/mol. The first kappa shape index (κ1) is 24.2. The molecular formula is C25H31N3O5S. The van der Waals surface area contributed by atoms with E-state index < -0.39 is 16.1 Å². The van der Waals surface area contributed by atoms with Gasteiger partial charge in [0.25, 0.3) is 0 Å². The van der Waals surface area contributed by atoms with Crippen LogP contribution in [0.5, 0.6) is 5.75 Å². The lowest BCUT2D eigenvalue weighted by Crippen LogP contribution is -2.47. The van der Waals surface area contributed by atoms with Crippen molar-refractivity contribution in [2.75, 3.05) is 25.1 Å². The molecule has 8 nitrogen and oxygen atoms in total. The van der Waals surface area contributed by atoms with E-state index in [2.05, 4.69) is 5.32 Å². The number of piperidine rings is 1. The van der Waals surface area contributed by atoms with Crippen LogP contribution in [0.3, 0.4) is 0 Å². The molecular weight excluding hydrogens is 454 g/mol. The second kappa shape index (κ2) is 10.1. The quantitative estimate of drug-likeness (QED) is 0.651. The molecule has 0 radical (unpaired) electrons. The molecule has 0 bridgehead atoms. The van der Waals surface area contributed by atoms with Crippen LogP contribution >= 0.6 is 0 Å². The Balaban J connectivity index is 1.55. The van der Waals surface area contributed by atoms with E-state index in [0.29, 0.717) is 36.6 Å². The van der Waals surface area contributed by atoms with Crippen molar-refractivity contribution >= 4 is 27.5 Å². The van der Waals surface area contributed by atoms with Gasteiger partial charge in [0.1, 0.15) is 11.8 Å². The zero-order valence-electron chi connectivity index (χ0n) is 19.6. The molecule has 0 aliphatic carbocycles. The van der Waals surface area contributed by atoms with Gasteiger partial charge in [-0.1, -0.05) is 25.5 Å². The van der Waals surface area contributed by atoms with Crippen LogP contribution in [0.1, 0.15) is 43.7 Å². The first-order valence-corrected chi connectivity index (χ1v) is 13.1. The Labute approximate surface area is 200 Å². The topological polar surface area (TPSA) is 96.0 Å². The zero-order valence-corrected chi connectivity index (χ0v) is 20.4. The molecule has 2 aliphatic heterocycles. The summed E-state index contributed by atoms with van der Waals surface area (Å²) in [7, 11) is -2.02. The molecule has 0 spiro atoms. The first-order chi connectivity index (χ1) is 16.3. The summed E-state index contributed by atoms with van der Waals surface area (Å²) in [6, 6.07) is 11.5. The summed E-state index contributed by atoms with van der Waals surface area (Å²) in [5.74, 6) is 0.249. The van der Waals surface area contributed by atoms with Crippen molar-refractivity contribution in [1.29, 1.82) is 0 Å². The third-order valence-corrected chi connectivity index (χ3v) is 8.36. The lowest BCUT2D eigenvalue weighted by atomic mass is 10.1. The van der Waals surface area contributed by atoms with Gasteiger partial charge in [-0.05, 0) is 54.3 Å². The van der Waals surface area contributed by atoms with E-state index in [0.717, 1.165) is 24.8 Å². The maximum absolute atomic E-state index is 13.1. The van der Waals surface area contributed by atoms with Crippen LogP contribution in [-0.4, -0.2) is 50.8 Å². The van der Waals surface area contributed by atoms with Crippen molar-refractivity contribution in [1.82, 2.24) is 9.62 Å². The fourth-order valence-corrected chi connectivity index (χ4v) is 6.19. The Kier molecular flexibility index (Phi) is 7.23. The Bertz CT molecular complexity index is 1170. The van der Waals surface area contributed by atoms with Crippen LogP contribution in [0.4, 0.5) is 5.69 Å². The largest absolute Gasteiger partial charge is 0.497 e. The van der Waals surface area contributed by atoms with E-state index in [1.807, 2.05) is 24.3 Å². The minimum absolute atomic E-state index is 0.174. The van der Waals surface area contributed by atoms with Crippen molar-refractivity contribution in [2.24, 2.45) is 0 Å². The highest BCUT2D eigenvalue weighted by Crippen LogP contribution is 2.35. The third kappa shape index (κ3) is 4.81. The molecule has 0 saturated carbocycles. The Morgan fingerprint density at radius 3 is 2.56 bits per heavy atom. The summed E-state index contributed by atoms with van der Waals surface area (Å²) in [4.78, 5) is 27.6. The van der Waals surface area contributed by atoms with Crippen molar-refractivity contribution < 1.29 is 22.7 Å². The number of amides is 2. The molecule has 2 aromatic carbocycles. The van der Waals surface area contributed by atoms with Crippen LogP contribution in [0.15, 0.2) is 47.4 Å². The van der Waals surface area contributed by atoms with Gasteiger partial charge in [-0.25, -0.2) is 8.42 Å². The molecule has 0 unspecified atom stereocenters. The van der Waals surface area contributed by atoms with Crippen LogP contribution in [0.2, 0.25) is 0 Å². The molecule has 0 aromatic heterocycles. The van der Waals surface area contributed by atoms with Crippen LogP contribution in [-0.2, 0) is 32.6 Å². The van der Waals surface area contributed by atoms with Gasteiger partial charge in [0.2, 0.25) is 21.8 Å². The molecule has 34 heavy (non-hydrogen) atoms. The summed E-state index contributed by atoms with van der Waals surface area (Å²) in [5.41, 5.74) is 2.18. The number of carbonyl (C=O) groups excluding carboxylic acids is 2. The second-order valence-corrected chi connectivity index (χ2v) is 10.6. The molecule has 2 aromatic rings. The standard InChI is InChI=1S/C25H31N3O5S/c1-3-24(29)28-22-11-10-21(34(31,32)27-12-5-4-6-13-27)15-19(22)16-23(28)25(30)26-17-18-8-7-9-20(14-18)33-2/h7-11,14-15,23H,3-6,12-13,16-17H2,1-2H3,(H,26,30)/t23-/m1/s1. The minimum atomic E-state index is -3.60. The van der Waals surface area contributed by atoms with Gasteiger partial charge in [-0.3, -0.25) is 14.5 Å². The fourth-order valence-electron chi connectivity index (χ4n) is 4.62. The monoisotopic (exact) mass is 485 g/mol. The van der Waals surface area contributed by atoms with E-state index >= 15 is 0 Å². The van der Waals surface area contributed by atoms with Gasteiger partial charge >= 0.3 is 0 Å². The number of methoxy groups -OCH3 is 1. The van der Waals surface area contributed by atoms with Crippen molar-refractivity contribution in [3.8, 4) is 5.75 Å². The Morgan fingerprint density at radius 2 is 1.85 bits per heavy atom. The number of carbonyl (C=O) groups is 2. The predicted octanol–water partition coefficient (Wildman–Crippen LogP) is 2.85. The van der Waals surface area contributed by atoms with E-state index in [1.165, 1.54) is 9.21 Å². The number of hydrogen-bond acceptors (Lipinski definition) is 5. The number of ether oxygens (including phenoxy) is 1. The normalized spacial score (nSPS) is 18.4. The van der Waals surface area contributed by atoms with E-state index in [4.69, 9.17) is 4.74 Å². The molecule has 1 saturated heterocycles. The van der Waals surface area contributed by atoms with Gasteiger partial charge in [-0.2, -0.15) is 4.31 Å². The zero-order chi connectivity index (χ0) is 24.3. The lowest BCUT2D eigenvalue weighted by Gasteiger charge is -2.26. The number of anilines is 1. The van der Waals surface area contributed by atoms with Crippen LogP contribution in [0, 0.1) is 0 Å². The van der Waals surface area contributed by atoms with Crippen molar-refractivity contribution in [3.05, 3.63) is 53.6 Å². The molecule has 9 heteroatoms.